The second-order valence-corrected chi connectivity index (χ2v) is 5.90. The lowest BCUT2D eigenvalue weighted by atomic mass is 10.2. The highest BCUT2D eigenvalue weighted by Crippen LogP contribution is 2.32. The molecule has 1 saturated carbocycles. The summed E-state index contributed by atoms with van der Waals surface area (Å²) in [5, 5.41) is 6.72. The number of hydrogen-bond donors (Lipinski definition) is 2. The molecule has 1 aliphatic carbocycles. The molecule has 0 atom stereocenters. The third kappa shape index (κ3) is 5.14. The predicted octanol–water partition coefficient (Wildman–Crippen LogP) is 2.18. The van der Waals surface area contributed by atoms with E-state index in [4.69, 9.17) is 9.47 Å². The average molecular weight is 446 g/mol. The zero-order valence-electron chi connectivity index (χ0n) is 14.4. The molecule has 24 heavy (non-hydrogen) atoms. The summed E-state index contributed by atoms with van der Waals surface area (Å²) in [7, 11) is 1.80. The number of ether oxygens (including phenoxy) is 2. The number of nitrogens with one attached hydrogen (secondary N) is 2. The molecule has 7 heteroatoms. The van der Waals surface area contributed by atoms with Crippen LogP contribution in [-0.4, -0.2) is 50.4 Å². The second kappa shape index (κ2) is 9.31. The summed E-state index contributed by atoms with van der Waals surface area (Å²) in [6.45, 7) is 6.33. The van der Waals surface area contributed by atoms with Crippen molar-refractivity contribution in [2.24, 2.45) is 4.99 Å². The fourth-order valence-electron chi connectivity index (χ4n) is 2.81. The molecular formula is C17H27IN4O2. The molecule has 1 aromatic rings. The van der Waals surface area contributed by atoms with Gasteiger partial charge in [0.2, 0.25) is 6.79 Å². The van der Waals surface area contributed by atoms with Crippen LogP contribution in [0.25, 0.3) is 0 Å². The van der Waals surface area contributed by atoms with Crippen LogP contribution in [0.3, 0.4) is 0 Å². The number of fused-ring (bicyclic) bond motifs is 1. The first-order chi connectivity index (χ1) is 11.3. The van der Waals surface area contributed by atoms with Crippen LogP contribution in [0.15, 0.2) is 23.2 Å². The van der Waals surface area contributed by atoms with E-state index in [2.05, 4.69) is 27.4 Å². The Hall–Kier alpha value is -1.22. The fraction of sp³-hybridized carbons (Fsp3) is 0.588. The molecule has 1 aliphatic heterocycles. The highest BCUT2D eigenvalue weighted by molar-refractivity contribution is 14.0. The average Bonchev–Trinajstić information content (AvgIpc) is 3.31. The summed E-state index contributed by atoms with van der Waals surface area (Å²) in [5.74, 6) is 2.46. The number of likely N-dealkylation sites (N-methyl/N-ethyl adjacent to an activating group) is 1. The molecule has 1 heterocycles. The highest BCUT2D eigenvalue weighted by Gasteiger charge is 2.27. The number of nitrogens with zero attached hydrogens (tertiary/aromatic N) is 2. The predicted molar refractivity (Wildman–Crippen MR) is 106 cm³/mol. The number of hydrogen-bond acceptors (Lipinski definition) is 4. The SMILES string of the molecule is CCN(CCNC(=NC)NCc1ccc2c(c1)OCO2)C1CC1.I. The van der Waals surface area contributed by atoms with Crippen LogP contribution in [0.4, 0.5) is 0 Å². The van der Waals surface area contributed by atoms with E-state index in [0.717, 1.165) is 48.7 Å². The molecule has 3 rings (SSSR count). The van der Waals surface area contributed by atoms with Gasteiger partial charge in [-0.3, -0.25) is 9.89 Å². The highest BCUT2D eigenvalue weighted by atomic mass is 127. The maximum Gasteiger partial charge on any atom is 0.231 e. The minimum atomic E-state index is 0. The number of halogens is 1. The Bertz CT molecular complexity index is 564. The van der Waals surface area contributed by atoms with Gasteiger partial charge in [0.15, 0.2) is 17.5 Å². The van der Waals surface area contributed by atoms with E-state index in [9.17, 15) is 0 Å². The molecule has 0 aromatic heterocycles. The van der Waals surface area contributed by atoms with Crippen LogP contribution in [0.1, 0.15) is 25.3 Å². The molecule has 0 spiro atoms. The zero-order valence-corrected chi connectivity index (χ0v) is 16.7. The molecule has 0 saturated heterocycles. The van der Waals surface area contributed by atoms with Crippen molar-refractivity contribution in [1.82, 2.24) is 15.5 Å². The Morgan fingerprint density at radius 3 is 2.75 bits per heavy atom. The first kappa shape index (κ1) is 19.1. The Kier molecular flexibility index (Phi) is 7.41. The zero-order chi connectivity index (χ0) is 16.1. The first-order valence-electron chi connectivity index (χ1n) is 8.37. The van der Waals surface area contributed by atoms with Crippen molar-refractivity contribution in [2.45, 2.75) is 32.4 Å². The maximum atomic E-state index is 5.40. The van der Waals surface area contributed by atoms with Gasteiger partial charge >= 0.3 is 0 Å². The standard InChI is InChI=1S/C17H26N4O2.HI/c1-3-21(14-5-6-14)9-8-19-17(18-2)20-11-13-4-7-15-16(10-13)23-12-22-15;/h4,7,10,14H,3,5-6,8-9,11-12H2,1-2H3,(H2,18,19,20);1H. The molecule has 0 amide bonds. The van der Waals surface area contributed by atoms with Crippen molar-refractivity contribution in [3.63, 3.8) is 0 Å². The molecule has 1 aromatic carbocycles. The van der Waals surface area contributed by atoms with Gasteiger partial charge in [-0.25, -0.2) is 0 Å². The number of rotatable bonds is 7. The second-order valence-electron chi connectivity index (χ2n) is 5.90. The minimum absolute atomic E-state index is 0. The normalized spacial score (nSPS) is 16.0. The van der Waals surface area contributed by atoms with Crippen LogP contribution in [0.5, 0.6) is 11.5 Å². The summed E-state index contributed by atoms with van der Waals surface area (Å²) in [6, 6.07) is 6.81. The topological polar surface area (TPSA) is 58.1 Å². The lowest BCUT2D eigenvalue weighted by Gasteiger charge is -2.20. The Balaban J connectivity index is 0.00000208. The number of guanidine groups is 1. The summed E-state index contributed by atoms with van der Waals surface area (Å²) < 4.78 is 10.7. The Morgan fingerprint density at radius 1 is 1.25 bits per heavy atom. The van der Waals surface area contributed by atoms with E-state index < -0.39 is 0 Å². The summed E-state index contributed by atoms with van der Waals surface area (Å²) >= 11 is 0. The lowest BCUT2D eigenvalue weighted by Crippen LogP contribution is -2.41. The van der Waals surface area contributed by atoms with Crippen molar-refractivity contribution in [3.8, 4) is 11.5 Å². The molecule has 6 nitrogen and oxygen atoms in total. The van der Waals surface area contributed by atoms with Gasteiger partial charge in [0.25, 0.3) is 0 Å². The molecule has 0 radical (unpaired) electrons. The molecule has 134 valence electrons. The maximum absolute atomic E-state index is 5.40. The van der Waals surface area contributed by atoms with Crippen molar-refractivity contribution in [1.29, 1.82) is 0 Å². The Labute approximate surface area is 161 Å². The van der Waals surface area contributed by atoms with Crippen LogP contribution in [0.2, 0.25) is 0 Å². The smallest absolute Gasteiger partial charge is 0.231 e. The van der Waals surface area contributed by atoms with Gasteiger partial charge in [-0.2, -0.15) is 0 Å². The molecule has 0 bridgehead atoms. The van der Waals surface area contributed by atoms with Crippen LogP contribution in [0, 0.1) is 0 Å². The third-order valence-electron chi connectivity index (χ3n) is 4.28. The van der Waals surface area contributed by atoms with Crippen molar-refractivity contribution in [3.05, 3.63) is 23.8 Å². The fourth-order valence-corrected chi connectivity index (χ4v) is 2.81. The lowest BCUT2D eigenvalue weighted by molar-refractivity contribution is 0.174. The van der Waals surface area contributed by atoms with E-state index in [0.29, 0.717) is 13.3 Å². The molecule has 1 fully saturated rings. The molecular weight excluding hydrogens is 419 g/mol. The third-order valence-corrected chi connectivity index (χ3v) is 4.28. The van der Waals surface area contributed by atoms with Crippen molar-refractivity contribution < 1.29 is 9.47 Å². The molecule has 2 N–H and O–H groups in total. The first-order valence-corrected chi connectivity index (χ1v) is 8.37. The quantitative estimate of drug-likeness (QED) is 0.382. The van der Waals surface area contributed by atoms with E-state index >= 15 is 0 Å². The van der Waals surface area contributed by atoms with Gasteiger partial charge in [0.05, 0.1) is 0 Å². The van der Waals surface area contributed by atoms with Crippen LogP contribution < -0.4 is 20.1 Å². The van der Waals surface area contributed by atoms with Gasteiger partial charge in [-0.05, 0) is 37.1 Å². The van der Waals surface area contributed by atoms with Gasteiger partial charge in [-0.15, -0.1) is 24.0 Å². The van der Waals surface area contributed by atoms with Gasteiger partial charge in [-0.1, -0.05) is 13.0 Å². The molecule has 0 unspecified atom stereocenters. The van der Waals surface area contributed by atoms with Crippen LogP contribution >= 0.6 is 24.0 Å². The van der Waals surface area contributed by atoms with Gasteiger partial charge in [0.1, 0.15) is 0 Å². The van der Waals surface area contributed by atoms with Crippen LogP contribution in [-0.2, 0) is 6.54 Å². The van der Waals surface area contributed by atoms with E-state index in [1.54, 1.807) is 7.05 Å². The van der Waals surface area contributed by atoms with Crippen molar-refractivity contribution >= 4 is 29.9 Å². The van der Waals surface area contributed by atoms with E-state index in [-0.39, 0.29) is 24.0 Å². The summed E-state index contributed by atoms with van der Waals surface area (Å²) in [4.78, 5) is 6.80. The van der Waals surface area contributed by atoms with Gasteiger partial charge < -0.3 is 20.1 Å². The van der Waals surface area contributed by atoms with Gasteiger partial charge in [0, 0.05) is 32.7 Å². The Morgan fingerprint density at radius 2 is 2.04 bits per heavy atom. The summed E-state index contributed by atoms with van der Waals surface area (Å²) in [5.41, 5.74) is 1.14. The van der Waals surface area contributed by atoms with E-state index in [1.165, 1.54) is 12.8 Å². The van der Waals surface area contributed by atoms with Crippen molar-refractivity contribution in [2.75, 3.05) is 33.5 Å². The number of aliphatic imine (C=N–C) groups is 1. The van der Waals surface area contributed by atoms with E-state index in [1.807, 2.05) is 18.2 Å². The molecule has 2 aliphatic rings. The minimum Gasteiger partial charge on any atom is -0.454 e. The largest absolute Gasteiger partial charge is 0.454 e. The number of benzene rings is 1. The monoisotopic (exact) mass is 446 g/mol. The summed E-state index contributed by atoms with van der Waals surface area (Å²) in [6.07, 6.45) is 2.70.